The van der Waals surface area contributed by atoms with Crippen molar-refractivity contribution in [3.8, 4) is 0 Å². The second-order valence-corrected chi connectivity index (χ2v) is 6.47. The molecule has 0 radical (unpaired) electrons. The topological polar surface area (TPSA) is 26.3 Å². The van der Waals surface area contributed by atoms with E-state index >= 15 is 0 Å². The van der Waals surface area contributed by atoms with Crippen LogP contribution >= 0.6 is 0 Å². The van der Waals surface area contributed by atoms with Gasteiger partial charge in [0.1, 0.15) is 5.60 Å². The van der Waals surface area contributed by atoms with Crippen molar-refractivity contribution in [2.24, 2.45) is 17.8 Å². The first-order valence-corrected chi connectivity index (χ1v) is 7.63. The van der Waals surface area contributed by atoms with Crippen LogP contribution in [0.25, 0.3) is 0 Å². The number of carbonyl (C=O) groups is 1. The first-order valence-electron chi connectivity index (χ1n) is 7.63. The van der Waals surface area contributed by atoms with E-state index in [2.05, 4.69) is 20.8 Å². The fourth-order valence-corrected chi connectivity index (χ4v) is 3.06. The molecule has 0 aromatic heterocycles. The Balaban J connectivity index is 2.48. The van der Waals surface area contributed by atoms with E-state index in [9.17, 15) is 4.79 Å². The summed E-state index contributed by atoms with van der Waals surface area (Å²) in [5.74, 6) is 2.11. The number of hydrogen-bond donors (Lipinski definition) is 0. The average molecular weight is 254 g/mol. The predicted molar refractivity (Wildman–Crippen MR) is 75.4 cm³/mol. The highest BCUT2D eigenvalue weighted by Gasteiger charge is 2.34. The largest absolute Gasteiger partial charge is 0.460 e. The van der Waals surface area contributed by atoms with E-state index in [1.807, 2.05) is 13.8 Å². The zero-order valence-electron chi connectivity index (χ0n) is 12.8. The van der Waals surface area contributed by atoms with Crippen molar-refractivity contribution < 1.29 is 9.53 Å². The van der Waals surface area contributed by atoms with Crippen molar-refractivity contribution in [2.45, 2.75) is 78.7 Å². The molecule has 0 amide bonds. The van der Waals surface area contributed by atoms with Crippen LogP contribution in [0.15, 0.2) is 0 Å². The van der Waals surface area contributed by atoms with Crippen molar-refractivity contribution in [1.82, 2.24) is 0 Å². The molecule has 1 aliphatic rings. The summed E-state index contributed by atoms with van der Waals surface area (Å²) < 4.78 is 5.57. The van der Waals surface area contributed by atoms with Crippen LogP contribution in [-0.4, -0.2) is 11.6 Å². The minimum atomic E-state index is -0.304. The Morgan fingerprint density at radius 1 is 1.11 bits per heavy atom. The molecule has 3 unspecified atom stereocenters. The zero-order valence-corrected chi connectivity index (χ0v) is 12.8. The van der Waals surface area contributed by atoms with Crippen molar-refractivity contribution in [1.29, 1.82) is 0 Å². The molecular weight excluding hydrogens is 224 g/mol. The summed E-state index contributed by atoms with van der Waals surface area (Å²) in [6.07, 6.45) is 6.48. The minimum Gasteiger partial charge on any atom is -0.460 e. The van der Waals surface area contributed by atoms with Crippen LogP contribution in [0.5, 0.6) is 0 Å². The van der Waals surface area contributed by atoms with E-state index in [-0.39, 0.29) is 11.6 Å². The molecule has 0 heterocycles. The summed E-state index contributed by atoms with van der Waals surface area (Å²) >= 11 is 0. The van der Waals surface area contributed by atoms with E-state index in [1.54, 1.807) is 0 Å². The fraction of sp³-hybridized carbons (Fsp3) is 0.938. The smallest absolute Gasteiger partial charge is 0.306 e. The highest BCUT2D eigenvalue weighted by atomic mass is 16.6. The third-order valence-corrected chi connectivity index (χ3v) is 4.71. The molecule has 1 rings (SSSR count). The normalized spacial score (nSPS) is 28.4. The molecule has 1 saturated carbocycles. The summed E-state index contributed by atoms with van der Waals surface area (Å²) in [5, 5.41) is 0. The van der Waals surface area contributed by atoms with Gasteiger partial charge in [-0.25, -0.2) is 0 Å². The summed E-state index contributed by atoms with van der Waals surface area (Å²) in [7, 11) is 0. The Hall–Kier alpha value is -0.530. The van der Waals surface area contributed by atoms with Gasteiger partial charge in [0.2, 0.25) is 0 Å². The Morgan fingerprint density at radius 3 is 2.22 bits per heavy atom. The Labute approximate surface area is 112 Å². The molecule has 0 N–H and O–H groups in total. The van der Waals surface area contributed by atoms with Crippen LogP contribution in [0, 0.1) is 17.8 Å². The number of esters is 1. The van der Waals surface area contributed by atoms with Crippen molar-refractivity contribution >= 4 is 5.97 Å². The number of hydrogen-bond acceptors (Lipinski definition) is 2. The van der Waals surface area contributed by atoms with Crippen molar-refractivity contribution in [3.63, 3.8) is 0 Å². The van der Waals surface area contributed by atoms with E-state index in [0.29, 0.717) is 12.3 Å². The summed E-state index contributed by atoms with van der Waals surface area (Å²) in [6, 6.07) is 0. The van der Waals surface area contributed by atoms with Gasteiger partial charge in [0.15, 0.2) is 0 Å². The fourth-order valence-electron chi connectivity index (χ4n) is 3.06. The lowest BCUT2D eigenvalue weighted by Gasteiger charge is -2.25. The van der Waals surface area contributed by atoms with Gasteiger partial charge in [0.25, 0.3) is 0 Å². The van der Waals surface area contributed by atoms with Crippen LogP contribution in [0.2, 0.25) is 0 Å². The maximum Gasteiger partial charge on any atom is 0.306 e. The lowest BCUT2D eigenvalue weighted by molar-refractivity contribution is -0.158. The van der Waals surface area contributed by atoms with E-state index in [4.69, 9.17) is 4.74 Å². The van der Waals surface area contributed by atoms with Gasteiger partial charge in [-0.1, -0.05) is 33.6 Å². The lowest BCUT2D eigenvalue weighted by atomic mass is 9.91. The maximum atomic E-state index is 12.0. The molecule has 18 heavy (non-hydrogen) atoms. The van der Waals surface area contributed by atoms with E-state index in [1.165, 1.54) is 25.7 Å². The number of carbonyl (C=O) groups excluding carboxylic acids is 1. The second kappa shape index (κ2) is 6.58. The molecule has 1 fully saturated rings. The number of rotatable bonds is 6. The molecule has 0 spiro atoms. The zero-order chi connectivity index (χ0) is 13.8. The first-order chi connectivity index (χ1) is 8.41. The predicted octanol–water partition coefficient (Wildman–Crippen LogP) is 4.57. The Kier molecular flexibility index (Phi) is 5.68. The number of ether oxygens (including phenoxy) is 1. The van der Waals surface area contributed by atoms with Gasteiger partial charge in [-0.3, -0.25) is 4.79 Å². The van der Waals surface area contributed by atoms with Crippen molar-refractivity contribution in [3.05, 3.63) is 0 Å². The molecule has 2 nitrogen and oxygen atoms in total. The molecule has 1 aliphatic carbocycles. The average Bonchev–Trinajstić information content (AvgIpc) is 2.70. The molecule has 0 bridgehead atoms. The minimum absolute atomic E-state index is 0.00190. The van der Waals surface area contributed by atoms with Crippen LogP contribution < -0.4 is 0 Å². The quantitative estimate of drug-likeness (QED) is 0.649. The molecule has 106 valence electrons. The third kappa shape index (κ3) is 4.29. The SMILES string of the molecule is CCC1CC(CC)C(CC(=O)OC(C)(C)CC)C1. The van der Waals surface area contributed by atoms with Gasteiger partial charge in [-0.15, -0.1) is 0 Å². The monoisotopic (exact) mass is 254 g/mol. The summed E-state index contributed by atoms with van der Waals surface area (Å²) in [6.45, 7) is 10.6. The molecular formula is C16H30O2. The van der Waals surface area contributed by atoms with Crippen LogP contribution in [0.1, 0.15) is 73.1 Å². The van der Waals surface area contributed by atoms with Crippen LogP contribution in [0.3, 0.4) is 0 Å². The van der Waals surface area contributed by atoms with Gasteiger partial charge in [0, 0.05) is 6.42 Å². The highest BCUT2D eigenvalue weighted by Crippen LogP contribution is 2.41. The van der Waals surface area contributed by atoms with Crippen molar-refractivity contribution in [2.75, 3.05) is 0 Å². The van der Waals surface area contributed by atoms with Gasteiger partial charge < -0.3 is 4.74 Å². The Bertz CT molecular complexity index is 270. The summed E-state index contributed by atoms with van der Waals surface area (Å²) in [5.41, 5.74) is -0.304. The Morgan fingerprint density at radius 2 is 1.72 bits per heavy atom. The van der Waals surface area contributed by atoms with Gasteiger partial charge in [-0.2, -0.15) is 0 Å². The molecule has 3 atom stereocenters. The first kappa shape index (κ1) is 15.5. The molecule has 0 saturated heterocycles. The van der Waals surface area contributed by atoms with Crippen LogP contribution in [0.4, 0.5) is 0 Å². The molecule has 2 heteroatoms. The lowest BCUT2D eigenvalue weighted by Crippen LogP contribution is -2.28. The second-order valence-electron chi connectivity index (χ2n) is 6.47. The van der Waals surface area contributed by atoms with Gasteiger partial charge >= 0.3 is 5.97 Å². The van der Waals surface area contributed by atoms with Gasteiger partial charge in [-0.05, 0) is 50.9 Å². The van der Waals surface area contributed by atoms with Gasteiger partial charge in [0.05, 0.1) is 0 Å². The van der Waals surface area contributed by atoms with E-state index in [0.717, 1.165) is 18.3 Å². The standard InChI is InChI=1S/C16H30O2/c1-6-12-9-13(7-2)14(10-12)11-15(17)18-16(4,5)8-3/h12-14H,6-11H2,1-5H3. The third-order valence-electron chi connectivity index (χ3n) is 4.71. The molecule has 0 aromatic carbocycles. The highest BCUT2D eigenvalue weighted by molar-refractivity contribution is 5.70. The molecule has 0 aliphatic heterocycles. The van der Waals surface area contributed by atoms with Crippen LogP contribution in [-0.2, 0) is 9.53 Å². The molecule has 0 aromatic rings. The summed E-state index contributed by atoms with van der Waals surface area (Å²) in [4.78, 5) is 12.0. The maximum absolute atomic E-state index is 12.0. The van der Waals surface area contributed by atoms with E-state index < -0.39 is 0 Å².